The van der Waals surface area contributed by atoms with E-state index >= 15 is 0 Å². The van der Waals surface area contributed by atoms with Gasteiger partial charge in [0, 0.05) is 12.2 Å². The maximum Gasteiger partial charge on any atom is 0.242 e. The number of rotatable bonds is 5. The molecule has 0 aliphatic carbocycles. The van der Waals surface area contributed by atoms with E-state index in [4.69, 9.17) is 5.73 Å². The Balaban J connectivity index is 2.46. The Bertz CT molecular complexity index is 415. The van der Waals surface area contributed by atoms with Crippen LogP contribution in [0.4, 0.5) is 5.69 Å². The van der Waals surface area contributed by atoms with Crippen LogP contribution in [0.15, 0.2) is 24.3 Å². The fourth-order valence-corrected chi connectivity index (χ4v) is 1.51. The maximum atomic E-state index is 11.7. The van der Waals surface area contributed by atoms with Crippen LogP contribution in [0.1, 0.15) is 19.4 Å². The molecule has 0 heterocycles. The summed E-state index contributed by atoms with van der Waals surface area (Å²) in [7, 11) is 0. The molecular formula is C13H19N3O2. The lowest BCUT2D eigenvalue weighted by Crippen LogP contribution is -2.45. The van der Waals surface area contributed by atoms with Gasteiger partial charge < -0.3 is 16.4 Å². The van der Waals surface area contributed by atoms with E-state index in [1.165, 1.54) is 0 Å². The Kier molecular flexibility index (Phi) is 5.17. The predicted molar refractivity (Wildman–Crippen MR) is 70.8 cm³/mol. The van der Waals surface area contributed by atoms with Crippen molar-refractivity contribution in [3.05, 3.63) is 29.8 Å². The predicted octanol–water partition coefficient (Wildman–Crippen LogP) is 0.452. The minimum Gasteiger partial charge on any atom is -0.399 e. The van der Waals surface area contributed by atoms with Crippen molar-refractivity contribution in [3.63, 3.8) is 0 Å². The molecule has 4 N–H and O–H groups in total. The Morgan fingerprint density at radius 1 is 1.28 bits per heavy atom. The Hall–Kier alpha value is -2.04. The van der Waals surface area contributed by atoms with Crippen LogP contribution in [0.3, 0.4) is 0 Å². The lowest BCUT2D eigenvalue weighted by atomic mass is 10.1. The number of likely N-dealkylation sites (N-methyl/N-ethyl adjacent to an activating group) is 1. The summed E-state index contributed by atoms with van der Waals surface area (Å²) in [6, 6.07) is 6.56. The Morgan fingerprint density at radius 2 is 1.89 bits per heavy atom. The van der Waals surface area contributed by atoms with Gasteiger partial charge in [0.25, 0.3) is 0 Å². The number of benzene rings is 1. The van der Waals surface area contributed by atoms with Gasteiger partial charge >= 0.3 is 0 Å². The van der Waals surface area contributed by atoms with Crippen LogP contribution >= 0.6 is 0 Å². The number of nitrogen functional groups attached to an aromatic ring is 1. The van der Waals surface area contributed by atoms with E-state index in [1.54, 1.807) is 31.2 Å². The maximum absolute atomic E-state index is 11.7. The first kappa shape index (κ1) is 14.0. The number of carbonyl (C=O) groups is 2. The number of carbonyl (C=O) groups excluding carboxylic acids is 2. The van der Waals surface area contributed by atoms with Crippen LogP contribution < -0.4 is 16.4 Å². The highest BCUT2D eigenvalue weighted by Crippen LogP contribution is 2.06. The molecule has 1 unspecified atom stereocenters. The van der Waals surface area contributed by atoms with Crippen LogP contribution in [-0.2, 0) is 16.0 Å². The summed E-state index contributed by atoms with van der Waals surface area (Å²) in [6.07, 6.45) is 0.240. The van der Waals surface area contributed by atoms with E-state index in [0.29, 0.717) is 12.2 Å². The largest absolute Gasteiger partial charge is 0.399 e. The second-order valence-electron chi connectivity index (χ2n) is 4.10. The second-order valence-corrected chi connectivity index (χ2v) is 4.10. The molecule has 0 aliphatic heterocycles. The number of nitrogens with one attached hydrogen (secondary N) is 2. The van der Waals surface area contributed by atoms with E-state index in [1.807, 2.05) is 6.92 Å². The summed E-state index contributed by atoms with van der Waals surface area (Å²) >= 11 is 0. The van der Waals surface area contributed by atoms with E-state index in [0.717, 1.165) is 5.56 Å². The van der Waals surface area contributed by atoms with Gasteiger partial charge in [-0.3, -0.25) is 9.59 Å². The Morgan fingerprint density at radius 3 is 2.44 bits per heavy atom. The van der Waals surface area contributed by atoms with Crippen molar-refractivity contribution < 1.29 is 9.59 Å². The number of hydrogen-bond acceptors (Lipinski definition) is 3. The van der Waals surface area contributed by atoms with Gasteiger partial charge in [-0.25, -0.2) is 0 Å². The van der Waals surface area contributed by atoms with Crippen LogP contribution in [0.25, 0.3) is 0 Å². The normalized spacial score (nSPS) is 11.7. The number of nitrogens with two attached hydrogens (primary N) is 1. The molecular weight excluding hydrogens is 230 g/mol. The second kappa shape index (κ2) is 6.64. The van der Waals surface area contributed by atoms with E-state index in [2.05, 4.69) is 10.6 Å². The van der Waals surface area contributed by atoms with Crippen molar-refractivity contribution >= 4 is 17.5 Å². The molecule has 1 aromatic carbocycles. The topological polar surface area (TPSA) is 84.2 Å². The smallest absolute Gasteiger partial charge is 0.242 e. The lowest BCUT2D eigenvalue weighted by molar-refractivity contribution is -0.128. The average Bonchev–Trinajstić information content (AvgIpc) is 2.32. The molecule has 1 aromatic rings. The molecule has 0 saturated heterocycles. The third kappa shape index (κ3) is 4.45. The van der Waals surface area contributed by atoms with Gasteiger partial charge in [-0.1, -0.05) is 12.1 Å². The molecule has 5 nitrogen and oxygen atoms in total. The van der Waals surface area contributed by atoms with E-state index < -0.39 is 6.04 Å². The SMILES string of the molecule is CCNC(=O)C(C)NC(=O)Cc1ccc(N)cc1. The minimum atomic E-state index is -0.522. The zero-order valence-corrected chi connectivity index (χ0v) is 10.7. The molecule has 0 fully saturated rings. The summed E-state index contributed by atoms with van der Waals surface area (Å²) in [5.41, 5.74) is 7.09. The van der Waals surface area contributed by atoms with E-state index in [9.17, 15) is 9.59 Å². The van der Waals surface area contributed by atoms with Gasteiger partial charge in [0.2, 0.25) is 11.8 Å². The summed E-state index contributed by atoms with van der Waals surface area (Å²) in [5.74, 6) is -0.360. The standard InChI is InChI=1S/C13H19N3O2/c1-3-15-13(18)9(2)16-12(17)8-10-4-6-11(14)7-5-10/h4-7,9H,3,8,14H2,1-2H3,(H,15,18)(H,16,17). The highest BCUT2D eigenvalue weighted by Gasteiger charge is 2.14. The number of hydrogen-bond donors (Lipinski definition) is 3. The first-order valence-electron chi connectivity index (χ1n) is 5.94. The van der Waals surface area contributed by atoms with Crippen molar-refractivity contribution in [2.45, 2.75) is 26.3 Å². The third-order valence-corrected chi connectivity index (χ3v) is 2.47. The Labute approximate surface area is 107 Å². The van der Waals surface area contributed by atoms with Crippen LogP contribution in [0.5, 0.6) is 0 Å². The van der Waals surface area contributed by atoms with Gasteiger partial charge in [-0.05, 0) is 31.5 Å². The quantitative estimate of drug-likeness (QED) is 0.662. The molecule has 0 aliphatic rings. The first-order valence-corrected chi connectivity index (χ1v) is 5.94. The van der Waals surface area contributed by atoms with Gasteiger partial charge in [-0.2, -0.15) is 0 Å². The van der Waals surface area contributed by atoms with Crippen LogP contribution in [0, 0.1) is 0 Å². The highest BCUT2D eigenvalue weighted by molar-refractivity contribution is 5.88. The number of amides is 2. The van der Waals surface area contributed by atoms with Gasteiger partial charge in [0.05, 0.1) is 6.42 Å². The summed E-state index contributed by atoms with van der Waals surface area (Å²) in [6.45, 7) is 4.05. The summed E-state index contributed by atoms with van der Waals surface area (Å²) in [5, 5.41) is 5.30. The molecule has 1 rings (SSSR count). The van der Waals surface area contributed by atoms with Gasteiger partial charge in [0.15, 0.2) is 0 Å². The van der Waals surface area contributed by atoms with Crippen molar-refractivity contribution in [1.29, 1.82) is 0 Å². The van der Waals surface area contributed by atoms with Crippen molar-refractivity contribution in [2.75, 3.05) is 12.3 Å². The first-order chi connectivity index (χ1) is 8.52. The van der Waals surface area contributed by atoms with Crippen molar-refractivity contribution in [2.24, 2.45) is 0 Å². The third-order valence-electron chi connectivity index (χ3n) is 2.47. The molecule has 18 heavy (non-hydrogen) atoms. The highest BCUT2D eigenvalue weighted by atomic mass is 16.2. The van der Waals surface area contributed by atoms with Crippen LogP contribution in [0.2, 0.25) is 0 Å². The average molecular weight is 249 g/mol. The molecule has 0 saturated carbocycles. The molecule has 0 aromatic heterocycles. The minimum absolute atomic E-state index is 0.178. The van der Waals surface area contributed by atoms with Crippen LogP contribution in [-0.4, -0.2) is 24.4 Å². The molecule has 2 amide bonds. The summed E-state index contributed by atoms with van der Waals surface area (Å²) in [4.78, 5) is 23.1. The molecule has 0 bridgehead atoms. The molecule has 98 valence electrons. The molecule has 0 radical (unpaired) electrons. The lowest BCUT2D eigenvalue weighted by Gasteiger charge is -2.13. The monoisotopic (exact) mass is 249 g/mol. The van der Waals surface area contributed by atoms with Gasteiger partial charge in [0.1, 0.15) is 6.04 Å². The zero-order valence-electron chi connectivity index (χ0n) is 10.7. The molecule has 1 atom stereocenters. The van der Waals surface area contributed by atoms with Crippen molar-refractivity contribution in [1.82, 2.24) is 10.6 Å². The van der Waals surface area contributed by atoms with E-state index in [-0.39, 0.29) is 18.2 Å². The van der Waals surface area contributed by atoms with Gasteiger partial charge in [-0.15, -0.1) is 0 Å². The number of anilines is 1. The fraction of sp³-hybridized carbons (Fsp3) is 0.385. The summed E-state index contributed by atoms with van der Waals surface area (Å²) < 4.78 is 0. The van der Waals surface area contributed by atoms with Crippen molar-refractivity contribution in [3.8, 4) is 0 Å². The molecule has 0 spiro atoms. The zero-order chi connectivity index (χ0) is 13.5. The molecule has 5 heteroatoms. The fourth-order valence-electron chi connectivity index (χ4n) is 1.51.